The topological polar surface area (TPSA) is 91.7 Å². The normalized spacial score (nSPS) is 14.7. The van der Waals surface area contributed by atoms with Crippen LogP contribution in [-0.2, 0) is 14.8 Å². The van der Waals surface area contributed by atoms with Crippen molar-refractivity contribution in [3.05, 3.63) is 54.4 Å². The number of nitrogens with zero attached hydrogens (tertiary/aromatic N) is 3. The lowest BCUT2D eigenvalue weighted by Crippen LogP contribution is -2.34. The highest BCUT2D eigenvalue weighted by Gasteiger charge is 2.30. The number of benzene rings is 1. The van der Waals surface area contributed by atoms with Crippen LogP contribution in [0.4, 0.5) is 5.69 Å². The van der Waals surface area contributed by atoms with E-state index in [1.54, 1.807) is 43.6 Å². The summed E-state index contributed by atoms with van der Waals surface area (Å²) in [6, 6.07) is 9.99. The van der Waals surface area contributed by atoms with Crippen LogP contribution >= 0.6 is 0 Å². The maximum absolute atomic E-state index is 12.1. The van der Waals surface area contributed by atoms with Gasteiger partial charge in [-0.15, -0.1) is 4.40 Å². The minimum absolute atomic E-state index is 0.0302. The van der Waals surface area contributed by atoms with Gasteiger partial charge in [0.15, 0.2) is 5.84 Å². The number of sulfonamides is 1. The van der Waals surface area contributed by atoms with E-state index >= 15 is 0 Å². The molecule has 3 rings (SSSR count). The largest absolute Gasteiger partial charge is 0.349 e. The second kappa shape index (κ2) is 5.81. The van der Waals surface area contributed by atoms with Gasteiger partial charge < -0.3 is 10.2 Å². The number of pyridine rings is 1. The number of likely N-dealkylation sites (N-methyl/N-ethyl adjacent to an activating group) is 1. The molecule has 0 spiro atoms. The third-order valence-corrected chi connectivity index (χ3v) is 4.63. The number of carbonyl (C=O) groups is 1. The fourth-order valence-electron chi connectivity index (χ4n) is 2.29. The second-order valence-corrected chi connectivity index (χ2v) is 6.60. The van der Waals surface area contributed by atoms with E-state index in [1.807, 2.05) is 0 Å². The van der Waals surface area contributed by atoms with Crippen molar-refractivity contribution < 1.29 is 13.2 Å². The van der Waals surface area contributed by atoms with Crippen molar-refractivity contribution >= 4 is 27.5 Å². The molecule has 1 aliphatic heterocycles. The Hall–Kier alpha value is -2.74. The molecule has 23 heavy (non-hydrogen) atoms. The van der Waals surface area contributed by atoms with Crippen LogP contribution in [0.25, 0.3) is 0 Å². The molecule has 2 aromatic rings. The van der Waals surface area contributed by atoms with Crippen molar-refractivity contribution in [2.24, 2.45) is 4.40 Å². The van der Waals surface area contributed by atoms with Crippen molar-refractivity contribution in [1.82, 2.24) is 9.88 Å². The Bertz CT molecular complexity index is 879. The van der Waals surface area contributed by atoms with Crippen LogP contribution in [0.15, 0.2) is 58.1 Å². The molecule has 1 aromatic heterocycles. The zero-order valence-electron chi connectivity index (χ0n) is 12.3. The highest BCUT2D eigenvalue weighted by molar-refractivity contribution is 7.90. The van der Waals surface area contributed by atoms with Gasteiger partial charge in [-0.2, -0.15) is 8.42 Å². The third-order valence-electron chi connectivity index (χ3n) is 3.30. The van der Waals surface area contributed by atoms with Gasteiger partial charge in [0.1, 0.15) is 4.90 Å². The highest BCUT2D eigenvalue weighted by atomic mass is 32.2. The quantitative estimate of drug-likeness (QED) is 0.910. The minimum atomic E-state index is -3.69. The van der Waals surface area contributed by atoms with Crippen molar-refractivity contribution in [2.75, 3.05) is 18.9 Å². The van der Waals surface area contributed by atoms with E-state index in [1.165, 1.54) is 17.2 Å². The van der Waals surface area contributed by atoms with Gasteiger partial charge in [0.2, 0.25) is 5.91 Å². The Morgan fingerprint density at radius 1 is 1.22 bits per heavy atom. The number of amidine groups is 1. The Labute approximate surface area is 133 Å². The molecule has 1 aromatic carbocycles. The molecule has 0 saturated carbocycles. The van der Waals surface area contributed by atoms with Crippen LogP contribution in [0.2, 0.25) is 0 Å². The summed E-state index contributed by atoms with van der Waals surface area (Å²) in [5.74, 6) is -0.0214. The average Bonchev–Trinajstić information content (AvgIpc) is 2.80. The molecule has 1 amide bonds. The first kappa shape index (κ1) is 15.2. The number of hydrogen-bond donors (Lipinski definition) is 1. The molecule has 2 heterocycles. The molecule has 0 unspecified atom stereocenters. The fraction of sp³-hybridized carbons (Fsp3) is 0.133. The first-order chi connectivity index (χ1) is 11.0. The van der Waals surface area contributed by atoms with Gasteiger partial charge in [0.25, 0.3) is 10.0 Å². The van der Waals surface area contributed by atoms with E-state index in [4.69, 9.17) is 0 Å². The SMILES string of the molecule is CN(CC(=O)Nc1cccnc1)C1=NS(=O)(=O)c2ccccc21. The molecule has 0 radical (unpaired) electrons. The first-order valence-electron chi connectivity index (χ1n) is 6.83. The number of hydrogen-bond acceptors (Lipinski definition) is 5. The number of amides is 1. The molecule has 0 bridgehead atoms. The summed E-state index contributed by atoms with van der Waals surface area (Å²) in [7, 11) is -2.07. The zero-order chi connectivity index (χ0) is 16.4. The molecular weight excluding hydrogens is 316 g/mol. The summed E-state index contributed by atoms with van der Waals surface area (Å²) in [6.45, 7) is -0.0302. The van der Waals surface area contributed by atoms with Gasteiger partial charge in [-0.05, 0) is 24.3 Å². The van der Waals surface area contributed by atoms with E-state index in [0.29, 0.717) is 11.3 Å². The number of fused-ring (bicyclic) bond motifs is 1. The van der Waals surface area contributed by atoms with Crippen molar-refractivity contribution in [2.45, 2.75) is 4.90 Å². The number of aromatic nitrogens is 1. The van der Waals surface area contributed by atoms with Crippen LogP contribution in [0.1, 0.15) is 5.56 Å². The van der Waals surface area contributed by atoms with Gasteiger partial charge in [0, 0.05) is 18.8 Å². The minimum Gasteiger partial charge on any atom is -0.349 e. The van der Waals surface area contributed by atoms with Gasteiger partial charge in [0.05, 0.1) is 18.4 Å². The molecule has 1 aliphatic rings. The highest BCUT2D eigenvalue weighted by Crippen LogP contribution is 2.26. The monoisotopic (exact) mass is 330 g/mol. The Morgan fingerprint density at radius 2 is 2.00 bits per heavy atom. The molecule has 7 nitrogen and oxygen atoms in total. The lowest BCUT2D eigenvalue weighted by molar-refractivity contribution is -0.116. The lowest BCUT2D eigenvalue weighted by Gasteiger charge is -2.18. The summed E-state index contributed by atoms with van der Waals surface area (Å²) >= 11 is 0. The smallest absolute Gasteiger partial charge is 0.285 e. The maximum atomic E-state index is 12.1. The number of nitrogens with one attached hydrogen (secondary N) is 1. The predicted molar refractivity (Wildman–Crippen MR) is 85.7 cm³/mol. The molecule has 0 aliphatic carbocycles. The molecule has 8 heteroatoms. The third kappa shape index (κ3) is 3.07. The van der Waals surface area contributed by atoms with E-state index in [2.05, 4.69) is 14.7 Å². The Kier molecular flexibility index (Phi) is 3.83. The molecule has 118 valence electrons. The summed E-state index contributed by atoms with van der Waals surface area (Å²) in [4.78, 5) is 17.7. The fourth-order valence-corrected chi connectivity index (χ4v) is 3.54. The summed E-state index contributed by atoms with van der Waals surface area (Å²) < 4.78 is 27.8. The molecular formula is C15H14N4O3S. The van der Waals surface area contributed by atoms with Crippen LogP contribution in [0, 0.1) is 0 Å². The molecule has 0 saturated heterocycles. The Balaban J connectivity index is 1.77. The van der Waals surface area contributed by atoms with Gasteiger partial charge in [-0.1, -0.05) is 12.1 Å². The van der Waals surface area contributed by atoms with Crippen LogP contribution in [-0.4, -0.2) is 43.6 Å². The summed E-state index contributed by atoms with van der Waals surface area (Å²) in [5.41, 5.74) is 1.08. The van der Waals surface area contributed by atoms with Crippen LogP contribution < -0.4 is 5.32 Å². The molecule has 0 atom stereocenters. The van der Waals surface area contributed by atoms with E-state index in [9.17, 15) is 13.2 Å². The standard InChI is InChI=1S/C15H14N4O3S/c1-19(10-14(20)17-11-5-4-8-16-9-11)15-12-6-2-3-7-13(12)23(21,22)18-15/h2-9H,10H2,1H3,(H,17,20). The summed E-state index contributed by atoms with van der Waals surface area (Å²) in [6.07, 6.45) is 3.14. The Morgan fingerprint density at radius 3 is 2.74 bits per heavy atom. The van der Waals surface area contributed by atoms with Crippen LogP contribution in [0.3, 0.4) is 0 Å². The maximum Gasteiger partial charge on any atom is 0.285 e. The van der Waals surface area contributed by atoms with E-state index < -0.39 is 10.0 Å². The van der Waals surface area contributed by atoms with Gasteiger partial charge in [-0.25, -0.2) is 0 Å². The summed E-state index contributed by atoms with van der Waals surface area (Å²) in [5, 5.41) is 2.69. The number of anilines is 1. The predicted octanol–water partition coefficient (Wildman–Crippen LogP) is 1.10. The van der Waals surface area contributed by atoms with E-state index in [-0.39, 0.29) is 23.2 Å². The molecule has 1 N–H and O–H groups in total. The lowest BCUT2D eigenvalue weighted by atomic mass is 10.2. The van der Waals surface area contributed by atoms with Crippen LogP contribution in [0.5, 0.6) is 0 Å². The average molecular weight is 330 g/mol. The van der Waals surface area contributed by atoms with Crippen molar-refractivity contribution in [1.29, 1.82) is 0 Å². The number of carbonyl (C=O) groups excluding carboxylic acids is 1. The van der Waals surface area contributed by atoms with Crippen molar-refractivity contribution in [3.8, 4) is 0 Å². The van der Waals surface area contributed by atoms with E-state index in [0.717, 1.165) is 0 Å². The zero-order valence-corrected chi connectivity index (χ0v) is 13.1. The van der Waals surface area contributed by atoms with Crippen molar-refractivity contribution in [3.63, 3.8) is 0 Å². The molecule has 0 fully saturated rings. The second-order valence-electron chi connectivity index (χ2n) is 5.03. The van der Waals surface area contributed by atoms with Gasteiger partial charge >= 0.3 is 0 Å². The first-order valence-corrected chi connectivity index (χ1v) is 8.27. The number of rotatable bonds is 3. The van der Waals surface area contributed by atoms with Gasteiger partial charge in [-0.3, -0.25) is 9.78 Å².